The number of aliphatic hydroxyl groups is 1. The Hall–Kier alpha value is -1.39. The molecule has 0 bridgehead atoms. The molecule has 4 nitrogen and oxygen atoms in total. The Morgan fingerprint density at radius 3 is 2.79 bits per heavy atom. The second-order valence-electron chi connectivity index (χ2n) is 7.54. The molecule has 0 aliphatic carbocycles. The van der Waals surface area contributed by atoms with E-state index in [4.69, 9.17) is 4.74 Å². The quantitative estimate of drug-likeness (QED) is 0.926. The number of nitrogens with zero attached hydrogens (tertiary/aromatic N) is 1. The Labute approximate surface area is 144 Å². The zero-order chi connectivity index (χ0) is 17.2. The molecule has 1 N–H and O–H groups in total. The molecule has 1 aromatic rings. The van der Waals surface area contributed by atoms with Crippen LogP contribution in [0.25, 0.3) is 0 Å². The van der Waals surface area contributed by atoms with Gasteiger partial charge in [0.25, 0.3) is 0 Å². The van der Waals surface area contributed by atoms with Crippen molar-refractivity contribution in [3.05, 3.63) is 35.4 Å². The average Bonchev–Trinajstić information content (AvgIpc) is 2.55. The lowest BCUT2D eigenvalue weighted by atomic mass is 9.84. The van der Waals surface area contributed by atoms with Crippen LogP contribution in [0.4, 0.5) is 0 Å². The van der Waals surface area contributed by atoms with Crippen molar-refractivity contribution in [2.45, 2.75) is 57.7 Å². The molecule has 3 rings (SSSR count). The zero-order valence-electron chi connectivity index (χ0n) is 14.8. The van der Waals surface area contributed by atoms with Gasteiger partial charge >= 0.3 is 0 Å². The second kappa shape index (κ2) is 7.24. The molecular formula is C20H29NO3. The molecular weight excluding hydrogens is 302 g/mol. The summed E-state index contributed by atoms with van der Waals surface area (Å²) in [6.07, 6.45) is 3.86. The molecule has 2 atom stereocenters. The average molecular weight is 331 g/mol. The molecule has 2 aliphatic rings. The SMILES string of the molecule is Cc1cccc(CC2(O)CCN(C(=O)[C@H]3CCCO[C@@H]3C)CC2)c1. The predicted octanol–water partition coefficient (Wildman–Crippen LogP) is 2.71. The normalized spacial score (nSPS) is 27.0. The molecule has 1 aromatic carbocycles. The number of rotatable bonds is 3. The first-order valence-corrected chi connectivity index (χ1v) is 9.15. The summed E-state index contributed by atoms with van der Waals surface area (Å²) >= 11 is 0. The van der Waals surface area contributed by atoms with Gasteiger partial charge in [-0.25, -0.2) is 0 Å². The maximum Gasteiger partial charge on any atom is 0.228 e. The zero-order valence-corrected chi connectivity index (χ0v) is 14.8. The molecule has 0 aromatic heterocycles. The topological polar surface area (TPSA) is 49.8 Å². The molecule has 0 saturated carbocycles. The number of carbonyl (C=O) groups excluding carboxylic acids is 1. The fraction of sp³-hybridized carbons (Fsp3) is 0.650. The highest BCUT2D eigenvalue weighted by molar-refractivity contribution is 5.79. The fourth-order valence-electron chi connectivity index (χ4n) is 4.00. The van der Waals surface area contributed by atoms with Crippen LogP contribution in [0, 0.1) is 12.8 Å². The summed E-state index contributed by atoms with van der Waals surface area (Å²) in [7, 11) is 0. The monoisotopic (exact) mass is 331 g/mol. The van der Waals surface area contributed by atoms with Crippen LogP contribution < -0.4 is 0 Å². The number of benzene rings is 1. The number of piperidine rings is 1. The van der Waals surface area contributed by atoms with Gasteiger partial charge in [-0.2, -0.15) is 0 Å². The first kappa shape index (κ1) is 17.4. The minimum absolute atomic E-state index is 0.0123. The highest BCUT2D eigenvalue weighted by atomic mass is 16.5. The van der Waals surface area contributed by atoms with Gasteiger partial charge < -0.3 is 14.7 Å². The Morgan fingerprint density at radius 1 is 1.38 bits per heavy atom. The summed E-state index contributed by atoms with van der Waals surface area (Å²) in [4.78, 5) is 14.7. The van der Waals surface area contributed by atoms with Gasteiger partial charge in [0, 0.05) is 26.1 Å². The first-order chi connectivity index (χ1) is 11.5. The minimum atomic E-state index is -0.695. The molecule has 4 heteroatoms. The standard InChI is InChI=1S/C20H29NO3/c1-15-5-3-6-17(13-15)14-20(23)8-10-21(11-9-20)19(22)18-7-4-12-24-16(18)2/h3,5-6,13,16,18,23H,4,7-12,14H2,1-2H3/t16-,18+/m1/s1. The highest BCUT2D eigenvalue weighted by Crippen LogP contribution is 2.29. The van der Waals surface area contributed by atoms with E-state index >= 15 is 0 Å². The Kier molecular flexibility index (Phi) is 5.26. The van der Waals surface area contributed by atoms with Gasteiger partial charge in [-0.1, -0.05) is 29.8 Å². The molecule has 132 valence electrons. The Morgan fingerprint density at radius 2 is 2.12 bits per heavy atom. The number of hydrogen-bond donors (Lipinski definition) is 1. The molecule has 0 unspecified atom stereocenters. The summed E-state index contributed by atoms with van der Waals surface area (Å²) < 4.78 is 5.64. The molecule has 2 heterocycles. The summed E-state index contributed by atoms with van der Waals surface area (Å²) in [6, 6.07) is 8.32. The highest BCUT2D eigenvalue weighted by Gasteiger charge is 2.38. The largest absolute Gasteiger partial charge is 0.389 e. The summed E-state index contributed by atoms with van der Waals surface area (Å²) in [6.45, 7) is 6.12. The Bertz CT molecular complexity index is 578. The van der Waals surface area contributed by atoms with E-state index in [1.165, 1.54) is 11.1 Å². The van der Waals surface area contributed by atoms with Crippen molar-refractivity contribution in [3.63, 3.8) is 0 Å². The van der Waals surface area contributed by atoms with E-state index in [1.807, 2.05) is 17.9 Å². The van der Waals surface area contributed by atoms with Gasteiger partial charge in [0.1, 0.15) is 0 Å². The smallest absolute Gasteiger partial charge is 0.228 e. The molecule has 2 fully saturated rings. The van der Waals surface area contributed by atoms with Crippen molar-refractivity contribution < 1.29 is 14.6 Å². The van der Waals surface area contributed by atoms with E-state index in [2.05, 4.69) is 25.1 Å². The van der Waals surface area contributed by atoms with E-state index in [9.17, 15) is 9.90 Å². The number of ether oxygens (including phenoxy) is 1. The molecule has 1 amide bonds. The van der Waals surface area contributed by atoms with Crippen molar-refractivity contribution in [1.29, 1.82) is 0 Å². The van der Waals surface area contributed by atoms with Crippen LogP contribution in [0.15, 0.2) is 24.3 Å². The number of amides is 1. The fourth-order valence-corrected chi connectivity index (χ4v) is 4.00. The maximum atomic E-state index is 12.7. The third-order valence-corrected chi connectivity index (χ3v) is 5.55. The van der Waals surface area contributed by atoms with Gasteiger partial charge in [0.15, 0.2) is 0 Å². The molecule has 2 saturated heterocycles. The van der Waals surface area contributed by atoms with Crippen molar-refractivity contribution in [2.75, 3.05) is 19.7 Å². The van der Waals surface area contributed by atoms with Crippen LogP contribution in [0.3, 0.4) is 0 Å². The number of likely N-dealkylation sites (tertiary alicyclic amines) is 1. The van der Waals surface area contributed by atoms with E-state index < -0.39 is 5.60 Å². The first-order valence-electron chi connectivity index (χ1n) is 9.15. The second-order valence-corrected chi connectivity index (χ2v) is 7.54. The van der Waals surface area contributed by atoms with Crippen molar-refractivity contribution >= 4 is 5.91 Å². The van der Waals surface area contributed by atoms with Crippen LogP contribution in [-0.4, -0.2) is 47.3 Å². The van der Waals surface area contributed by atoms with Gasteiger partial charge in [0.05, 0.1) is 17.6 Å². The molecule has 0 radical (unpaired) electrons. The lowest BCUT2D eigenvalue weighted by Gasteiger charge is -2.41. The van der Waals surface area contributed by atoms with Gasteiger partial charge in [-0.3, -0.25) is 4.79 Å². The van der Waals surface area contributed by atoms with E-state index in [1.54, 1.807) is 0 Å². The van der Waals surface area contributed by atoms with Crippen LogP contribution in [0.2, 0.25) is 0 Å². The van der Waals surface area contributed by atoms with Gasteiger partial charge in [0.2, 0.25) is 5.91 Å². The van der Waals surface area contributed by atoms with Crippen molar-refractivity contribution in [3.8, 4) is 0 Å². The maximum absolute atomic E-state index is 12.7. The van der Waals surface area contributed by atoms with Gasteiger partial charge in [-0.15, -0.1) is 0 Å². The summed E-state index contributed by atoms with van der Waals surface area (Å²) in [5.74, 6) is 0.196. The predicted molar refractivity (Wildman–Crippen MR) is 93.8 cm³/mol. The lowest BCUT2D eigenvalue weighted by molar-refractivity contribution is -0.148. The van der Waals surface area contributed by atoms with Crippen LogP contribution in [0.1, 0.15) is 43.7 Å². The third-order valence-electron chi connectivity index (χ3n) is 5.55. The number of hydrogen-bond acceptors (Lipinski definition) is 3. The third kappa shape index (κ3) is 3.98. The minimum Gasteiger partial charge on any atom is -0.389 e. The summed E-state index contributed by atoms with van der Waals surface area (Å²) in [5.41, 5.74) is 1.70. The van der Waals surface area contributed by atoms with Gasteiger partial charge in [-0.05, 0) is 45.1 Å². The molecule has 24 heavy (non-hydrogen) atoms. The molecule has 2 aliphatic heterocycles. The van der Waals surface area contributed by atoms with Crippen LogP contribution in [-0.2, 0) is 16.0 Å². The van der Waals surface area contributed by atoms with Crippen LogP contribution in [0.5, 0.6) is 0 Å². The van der Waals surface area contributed by atoms with E-state index in [0.717, 1.165) is 19.4 Å². The number of carbonyl (C=O) groups is 1. The lowest BCUT2D eigenvalue weighted by Crippen LogP contribution is -2.51. The molecule has 0 spiro atoms. The van der Waals surface area contributed by atoms with Crippen LogP contribution >= 0.6 is 0 Å². The number of aryl methyl sites for hydroxylation is 1. The summed E-state index contributed by atoms with van der Waals surface area (Å²) in [5, 5.41) is 10.9. The van der Waals surface area contributed by atoms with E-state index in [-0.39, 0.29) is 17.9 Å². The Balaban J connectivity index is 1.57. The van der Waals surface area contributed by atoms with Crippen molar-refractivity contribution in [1.82, 2.24) is 4.90 Å². The van der Waals surface area contributed by atoms with E-state index in [0.29, 0.717) is 32.4 Å². The van der Waals surface area contributed by atoms with Crippen molar-refractivity contribution in [2.24, 2.45) is 5.92 Å².